The van der Waals surface area contributed by atoms with E-state index in [1.165, 1.54) is 5.69 Å². The molecule has 0 atom stereocenters. The van der Waals surface area contributed by atoms with Crippen LogP contribution in [-0.4, -0.2) is 44.1 Å². The number of anilines is 2. The number of hydrogen-bond acceptors (Lipinski definition) is 4. The van der Waals surface area contributed by atoms with E-state index in [9.17, 15) is 4.79 Å². The standard InChI is InChI=1S/C21H23N3O2/c1-15-3-8-20-18(13-15)19(21(25)22-20)14-23-9-11-24(12-10-23)16-4-6-17(26-2)7-5-16/h3-8,13-14H,9-12H2,1-2H3,(H,22,25)/b19-14+. The van der Waals surface area contributed by atoms with Gasteiger partial charge in [0.25, 0.3) is 5.91 Å². The molecule has 4 rings (SSSR count). The third-order valence-corrected chi connectivity index (χ3v) is 5.02. The van der Waals surface area contributed by atoms with Gasteiger partial charge in [-0.1, -0.05) is 11.6 Å². The number of rotatable bonds is 3. The van der Waals surface area contributed by atoms with Crippen LogP contribution in [0.15, 0.2) is 48.7 Å². The molecule has 0 saturated carbocycles. The van der Waals surface area contributed by atoms with Crippen LogP contribution < -0.4 is 15.0 Å². The van der Waals surface area contributed by atoms with Crippen molar-refractivity contribution in [1.29, 1.82) is 0 Å². The Kier molecular flexibility index (Phi) is 4.29. The van der Waals surface area contributed by atoms with Gasteiger partial charge in [-0.2, -0.15) is 0 Å². The van der Waals surface area contributed by atoms with Gasteiger partial charge in [0.15, 0.2) is 0 Å². The van der Waals surface area contributed by atoms with Crippen LogP contribution in [0.5, 0.6) is 5.75 Å². The first-order valence-corrected chi connectivity index (χ1v) is 8.91. The molecule has 134 valence electrons. The summed E-state index contributed by atoms with van der Waals surface area (Å²) >= 11 is 0. The second-order valence-electron chi connectivity index (χ2n) is 6.77. The fraction of sp³-hybridized carbons (Fsp3) is 0.286. The molecule has 0 bridgehead atoms. The van der Waals surface area contributed by atoms with Crippen LogP contribution in [0, 0.1) is 6.92 Å². The maximum absolute atomic E-state index is 12.3. The summed E-state index contributed by atoms with van der Waals surface area (Å²) in [7, 11) is 1.68. The lowest BCUT2D eigenvalue weighted by molar-refractivity contribution is -0.110. The van der Waals surface area contributed by atoms with Crippen molar-refractivity contribution >= 4 is 22.9 Å². The van der Waals surface area contributed by atoms with Gasteiger partial charge < -0.3 is 19.9 Å². The van der Waals surface area contributed by atoms with E-state index in [0.717, 1.165) is 54.3 Å². The number of amides is 1. The summed E-state index contributed by atoms with van der Waals surface area (Å²) < 4.78 is 5.22. The molecule has 5 heteroatoms. The summed E-state index contributed by atoms with van der Waals surface area (Å²) in [6.07, 6.45) is 2.02. The first-order valence-electron chi connectivity index (χ1n) is 8.91. The Hall–Kier alpha value is -2.95. The molecule has 2 heterocycles. The Bertz CT molecular complexity index is 850. The molecule has 0 aromatic heterocycles. The molecule has 0 radical (unpaired) electrons. The topological polar surface area (TPSA) is 44.8 Å². The minimum absolute atomic E-state index is 0.0109. The molecule has 26 heavy (non-hydrogen) atoms. The Morgan fingerprint density at radius 1 is 1.04 bits per heavy atom. The number of piperazine rings is 1. The molecular weight excluding hydrogens is 326 g/mol. The highest BCUT2D eigenvalue weighted by molar-refractivity contribution is 6.31. The van der Waals surface area contributed by atoms with Gasteiger partial charge in [-0.3, -0.25) is 4.79 Å². The average molecular weight is 349 g/mol. The highest BCUT2D eigenvalue weighted by Gasteiger charge is 2.25. The van der Waals surface area contributed by atoms with E-state index < -0.39 is 0 Å². The Morgan fingerprint density at radius 2 is 1.77 bits per heavy atom. The van der Waals surface area contributed by atoms with E-state index in [1.807, 2.05) is 37.4 Å². The summed E-state index contributed by atoms with van der Waals surface area (Å²) in [6.45, 7) is 5.69. The molecule has 5 nitrogen and oxygen atoms in total. The summed E-state index contributed by atoms with van der Waals surface area (Å²) in [4.78, 5) is 16.9. The monoisotopic (exact) mass is 349 g/mol. The number of ether oxygens (including phenoxy) is 1. The van der Waals surface area contributed by atoms with Crippen molar-refractivity contribution in [1.82, 2.24) is 4.90 Å². The summed E-state index contributed by atoms with van der Waals surface area (Å²) in [5.74, 6) is 0.863. The summed E-state index contributed by atoms with van der Waals surface area (Å²) in [5.41, 5.74) is 5.05. The number of hydrogen-bond donors (Lipinski definition) is 1. The summed E-state index contributed by atoms with van der Waals surface area (Å²) in [5, 5.41) is 2.95. The Morgan fingerprint density at radius 3 is 2.46 bits per heavy atom. The maximum Gasteiger partial charge on any atom is 0.257 e. The van der Waals surface area contributed by atoms with Crippen molar-refractivity contribution in [2.45, 2.75) is 6.92 Å². The Labute approximate surface area is 153 Å². The largest absolute Gasteiger partial charge is 0.497 e. The number of fused-ring (bicyclic) bond motifs is 1. The van der Waals surface area contributed by atoms with Crippen LogP contribution in [0.2, 0.25) is 0 Å². The van der Waals surface area contributed by atoms with Gasteiger partial charge in [0.1, 0.15) is 5.75 Å². The van der Waals surface area contributed by atoms with Crippen molar-refractivity contribution in [3.63, 3.8) is 0 Å². The van der Waals surface area contributed by atoms with Crippen molar-refractivity contribution in [2.75, 3.05) is 43.5 Å². The minimum Gasteiger partial charge on any atom is -0.497 e. The van der Waals surface area contributed by atoms with Gasteiger partial charge in [-0.25, -0.2) is 0 Å². The van der Waals surface area contributed by atoms with Gasteiger partial charge in [0.2, 0.25) is 0 Å². The molecule has 1 N–H and O–H groups in total. The van der Waals surface area contributed by atoms with E-state index in [0.29, 0.717) is 0 Å². The number of benzene rings is 2. The quantitative estimate of drug-likeness (QED) is 0.865. The van der Waals surface area contributed by atoms with Crippen molar-refractivity contribution in [3.8, 4) is 5.75 Å². The van der Waals surface area contributed by atoms with Crippen LogP contribution in [0.3, 0.4) is 0 Å². The smallest absolute Gasteiger partial charge is 0.257 e. The normalized spacial score (nSPS) is 18.1. The van der Waals surface area contributed by atoms with Crippen molar-refractivity contribution < 1.29 is 9.53 Å². The minimum atomic E-state index is -0.0109. The molecule has 1 amide bonds. The lowest BCUT2D eigenvalue weighted by Crippen LogP contribution is -2.44. The van der Waals surface area contributed by atoms with Crippen LogP contribution in [0.1, 0.15) is 11.1 Å². The number of carbonyl (C=O) groups excluding carboxylic acids is 1. The second-order valence-corrected chi connectivity index (χ2v) is 6.77. The first-order chi connectivity index (χ1) is 12.6. The van der Waals surface area contributed by atoms with Gasteiger partial charge in [0.05, 0.1) is 12.7 Å². The lowest BCUT2D eigenvalue weighted by atomic mass is 10.1. The summed E-state index contributed by atoms with van der Waals surface area (Å²) in [6, 6.07) is 14.2. The second kappa shape index (κ2) is 6.75. The Balaban J connectivity index is 1.46. The molecular formula is C21H23N3O2. The zero-order valence-corrected chi connectivity index (χ0v) is 15.2. The van der Waals surface area contributed by atoms with E-state index in [2.05, 4.69) is 33.3 Å². The predicted octanol–water partition coefficient (Wildman–Crippen LogP) is 3.12. The highest BCUT2D eigenvalue weighted by atomic mass is 16.5. The van der Waals surface area contributed by atoms with Gasteiger partial charge in [-0.15, -0.1) is 0 Å². The predicted molar refractivity (Wildman–Crippen MR) is 105 cm³/mol. The van der Waals surface area contributed by atoms with E-state index in [4.69, 9.17) is 4.74 Å². The zero-order chi connectivity index (χ0) is 18.1. The number of methoxy groups -OCH3 is 1. The van der Waals surface area contributed by atoms with E-state index in [-0.39, 0.29) is 5.91 Å². The SMILES string of the molecule is COc1ccc(N2CCN(/C=C3/C(=O)Nc4ccc(C)cc43)CC2)cc1. The average Bonchev–Trinajstić information content (AvgIpc) is 2.97. The van der Waals surface area contributed by atoms with Crippen molar-refractivity contribution in [3.05, 3.63) is 59.8 Å². The molecule has 0 spiro atoms. The van der Waals surface area contributed by atoms with E-state index >= 15 is 0 Å². The zero-order valence-electron chi connectivity index (χ0n) is 15.2. The highest BCUT2D eigenvalue weighted by Crippen LogP contribution is 2.33. The third-order valence-electron chi connectivity index (χ3n) is 5.02. The fourth-order valence-corrected chi connectivity index (χ4v) is 3.51. The molecule has 2 aliphatic rings. The fourth-order valence-electron chi connectivity index (χ4n) is 3.51. The van der Waals surface area contributed by atoms with Gasteiger partial charge in [-0.05, 0) is 43.3 Å². The maximum atomic E-state index is 12.3. The van der Waals surface area contributed by atoms with Gasteiger partial charge in [0, 0.05) is 49.3 Å². The molecule has 1 saturated heterocycles. The lowest BCUT2D eigenvalue weighted by Gasteiger charge is -2.35. The molecule has 2 aliphatic heterocycles. The van der Waals surface area contributed by atoms with Gasteiger partial charge >= 0.3 is 0 Å². The first kappa shape index (κ1) is 16.5. The molecule has 0 unspecified atom stereocenters. The molecule has 1 fully saturated rings. The number of nitrogens with zero attached hydrogens (tertiary/aromatic N) is 2. The molecule has 0 aliphatic carbocycles. The molecule has 2 aromatic rings. The van der Waals surface area contributed by atoms with Crippen LogP contribution in [0.25, 0.3) is 5.57 Å². The van der Waals surface area contributed by atoms with Crippen LogP contribution >= 0.6 is 0 Å². The number of nitrogens with one attached hydrogen (secondary N) is 1. The van der Waals surface area contributed by atoms with Crippen molar-refractivity contribution in [2.24, 2.45) is 0 Å². The molecule has 2 aromatic carbocycles. The van der Waals surface area contributed by atoms with Crippen LogP contribution in [0.4, 0.5) is 11.4 Å². The number of carbonyl (C=O) groups is 1. The number of aryl methyl sites for hydroxylation is 1. The van der Waals surface area contributed by atoms with Crippen LogP contribution in [-0.2, 0) is 4.79 Å². The van der Waals surface area contributed by atoms with E-state index in [1.54, 1.807) is 7.11 Å². The third kappa shape index (κ3) is 3.12.